The maximum absolute atomic E-state index is 14.0. The van der Waals surface area contributed by atoms with Crippen LogP contribution in [0.2, 0.25) is 0 Å². The lowest BCUT2D eigenvalue weighted by molar-refractivity contribution is -0.127. The molecule has 1 aromatic carbocycles. The summed E-state index contributed by atoms with van der Waals surface area (Å²) in [6.07, 6.45) is 0.873. The third-order valence-corrected chi connectivity index (χ3v) is 5.11. The van der Waals surface area contributed by atoms with Crippen molar-refractivity contribution in [3.05, 3.63) is 29.6 Å². The topological polar surface area (TPSA) is 69.6 Å². The molecule has 0 saturated carbocycles. The first kappa shape index (κ1) is 28.4. The Kier molecular flexibility index (Phi) is 13.5. The smallest absolute Gasteiger partial charge is 0.243 e. The van der Waals surface area contributed by atoms with Gasteiger partial charge in [-0.15, -0.1) is 24.0 Å². The first-order chi connectivity index (χ1) is 14.9. The molecule has 10 heteroatoms. The third kappa shape index (κ3) is 9.45. The molecule has 0 aliphatic carbocycles. The molecule has 1 aliphatic heterocycles. The van der Waals surface area contributed by atoms with Crippen molar-refractivity contribution >= 4 is 35.8 Å². The van der Waals surface area contributed by atoms with Crippen molar-refractivity contribution in [2.45, 2.75) is 19.9 Å². The fourth-order valence-corrected chi connectivity index (χ4v) is 3.25. The zero-order valence-corrected chi connectivity index (χ0v) is 21.9. The normalized spacial score (nSPS) is 14.7. The number of carbonyl (C=O) groups is 1. The number of likely N-dealkylation sites (N-methyl/N-ethyl adjacent to an activating group) is 1. The van der Waals surface area contributed by atoms with Gasteiger partial charge in [-0.25, -0.2) is 9.38 Å². The van der Waals surface area contributed by atoms with Gasteiger partial charge in [0.1, 0.15) is 6.54 Å². The minimum absolute atomic E-state index is 0. The second-order valence-corrected chi connectivity index (χ2v) is 7.64. The van der Waals surface area contributed by atoms with E-state index in [0.717, 1.165) is 50.7 Å². The summed E-state index contributed by atoms with van der Waals surface area (Å²) in [5, 5.41) is 3.37. The molecule has 0 unspecified atom stereocenters. The monoisotopic (exact) mass is 565 g/mol. The summed E-state index contributed by atoms with van der Waals surface area (Å²) in [7, 11) is 4.93. The highest BCUT2D eigenvalue weighted by Crippen LogP contribution is 2.19. The molecule has 1 fully saturated rings. The summed E-state index contributed by atoms with van der Waals surface area (Å²) < 4.78 is 24.3. The summed E-state index contributed by atoms with van der Waals surface area (Å²) in [6.45, 7) is 8.14. The Morgan fingerprint density at radius 2 is 1.97 bits per heavy atom. The minimum atomic E-state index is -0.338. The van der Waals surface area contributed by atoms with E-state index in [4.69, 9.17) is 9.47 Å². The van der Waals surface area contributed by atoms with Gasteiger partial charge in [0.25, 0.3) is 0 Å². The third-order valence-electron chi connectivity index (χ3n) is 5.11. The molecule has 182 valence electrons. The van der Waals surface area contributed by atoms with Gasteiger partial charge in [0.05, 0.1) is 7.11 Å². The number of rotatable bonds is 10. The second-order valence-electron chi connectivity index (χ2n) is 7.64. The van der Waals surface area contributed by atoms with Crippen LogP contribution in [-0.4, -0.2) is 100 Å². The minimum Gasteiger partial charge on any atom is -0.494 e. The predicted octanol–water partition coefficient (Wildman–Crippen LogP) is 2.03. The van der Waals surface area contributed by atoms with E-state index >= 15 is 0 Å². The number of methoxy groups -OCH3 is 1. The van der Waals surface area contributed by atoms with E-state index in [2.05, 4.69) is 20.1 Å². The largest absolute Gasteiger partial charge is 0.494 e. The highest BCUT2D eigenvalue weighted by molar-refractivity contribution is 14.0. The van der Waals surface area contributed by atoms with E-state index in [9.17, 15) is 9.18 Å². The van der Waals surface area contributed by atoms with Crippen LogP contribution in [0.1, 0.15) is 18.9 Å². The van der Waals surface area contributed by atoms with Gasteiger partial charge in [-0.2, -0.15) is 0 Å². The number of piperazine rings is 1. The molecule has 0 atom stereocenters. The summed E-state index contributed by atoms with van der Waals surface area (Å²) in [5.41, 5.74) is 0.922. The van der Waals surface area contributed by atoms with Gasteiger partial charge in [-0.1, -0.05) is 6.07 Å². The Labute approximate surface area is 208 Å². The molecule has 0 bridgehead atoms. The Balaban J connectivity index is 0.00000512. The number of aliphatic imine (C=N–C) groups is 1. The Morgan fingerprint density at radius 1 is 1.25 bits per heavy atom. The molecule has 32 heavy (non-hydrogen) atoms. The van der Waals surface area contributed by atoms with Crippen molar-refractivity contribution in [3.8, 4) is 5.75 Å². The molecule has 8 nitrogen and oxygen atoms in total. The van der Waals surface area contributed by atoms with E-state index in [1.807, 2.05) is 13.0 Å². The van der Waals surface area contributed by atoms with Gasteiger partial charge in [0.2, 0.25) is 5.91 Å². The van der Waals surface area contributed by atoms with Crippen LogP contribution in [-0.2, 0) is 16.1 Å². The van der Waals surface area contributed by atoms with Crippen LogP contribution in [0.5, 0.6) is 5.75 Å². The Morgan fingerprint density at radius 3 is 2.56 bits per heavy atom. The quantitative estimate of drug-likeness (QED) is 0.203. The van der Waals surface area contributed by atoms with Gasteiger partial charge in [0, 0.05) is 66.6 Å². The molecule has 1 aromatic rings. The lowest BCUT2D eigenvalue weighted by Crippen LogP contribution is -2.52. The number of halogens is 2. The maximum atomic E-state index is 14.0. The molecular weight excluding hydrogens is 528 g/mol. The number of benzene rings is 1. The fourth-order valence-electron chi connectivity index (χ4n) is 3.25. The molecule has 1 N–H and O–H groups in total. The van der Waals surface area contributed by atoms with Crippen LogP contribution in [0.25, 0.3) is 0 Å². The molecule has 2 rings (SSSR count). The molecule has 1 heterocycles. The van der Waals surface area contributed by atoms with Gasteiger partial charge in [0.15, 0.2) is 17.5 Å². The van der Waals surface area contributed by atoms with Crippen LogP contribution >= 0.6 is 24.0 Å². The highest BCUT2D eigenvalue weighted by atomic mass is 127. The lowest BCUT2D eigenvalue weighted by Gasteiger charge is -2.36. The van der Waals surface area contributed by atoms with Crippen molar-refractivity contribution in [2.75, 3.05) is 73.7 Å². The van der Waals surface area contributed by atoms with Crippen LogP contribution in [0.15, 0.2) is 23.2 Å². The summed E-state index contributed by atoms with van der Waals surface area (Å²) in [4.78, 5) is 22.5. The number of amides is 1. The average molecular weight is 565 g/mol. The second kappa shape index (κ2) is 15.2. The molecule has 0 radical (unpaired) electrons. The van der Waals surface area contributed by atoms with Crippen molar-refractivity contribution in [2.24, 2.45) is 4.99 Å². The first-order valence-electron chi connectivity index (χ1n) is 10.8. The van der Waals surface area contributed by atoms with Gasteiger partial charge >= 0.3 is 0 Å². The summed E-state index contributed by atoms with van der Waals surface area (Å²) in [5.74, 6) is 0.641. The summed E-state index contributed by atoms with van der Waals surface area (Å²) in [6, 6.07) is 5.10. The number of ether oxygens (including phenoxy) is 2. The Hall–Kier alpha value is -1.66. The van der Waals surface area contributed by atoms with E-state index in [1.54, 1.807) is 25.1 Å². The van der Waals surface area contributed by atoms with Crippen LogP contribution < -0.4 is 10.1 Å². The van der Waals surface area contributed by atoms with E-state index in [0.29, 0.717) is 19.8 Å². The lowest BCUT2D eigenvalue weighted by atomic mass is 10.2. The Bertz CT molecular complexity index is 728. The van der Waals surface area contributed by atoms with Gasteiger partial charge in [-0.3, -0.25) is 9.69 Å². The van der Waals surface area contributed by atoms with E-state index < -0.39 is 0 Å². The zero-order valence-electron chi connectivity index (χ0n) is 19.6. The van der Waals surface area contributed by atoms with E-state index in [1.165, 1.54) is 13.2 Å². The predicted molar refractivity (Wildman–Crippen MR) is 135 cm³/mol. The average Bonchev–Trinajstić information content (AvgIpc) is 2.76. The van der Waals surface area contributed by atoms with Crippen LogP contribution in [0.4, 0.5) is 4.39 Å². The molecule has 0 aromatic heterocycles. The number of guanidine groups is 1. The zero-order chi connectivity index (χ0) is 22.6. The molecular formula is C22H37FIN5O3. The van der Waals surface area contributed by atoms with Crippen molar-refractivity contribution in [1.29, 1.82) is 0 Å². The number of hydrogen-bond donors (Lipinski definition) is 1. The fraction of sp³-hybridized carbons (Fsp3) is 0.636. The molecule has 0 spiro atoms. The standard InChI is InChI=1S/C22H36FN5O3.HI/c1-5-31-14-6-9-24-22(25-16-21(29)26(2)3)28-12-10-27(11-13-28)17-18-7-8-20(30-4)19(23)15-18;/h7-8,15H,5-6,9-14,16-17H2,1-4H3,(H,24,25);1H. The van der Waals surface area contributed by atoms with Crippen molar-refractivity contribution < 1.29 is 18.7 Å². The number of nitrogens with zero attached hydrogens (tertiary/aromatic N) is 4. The van der Waals surface area contributed by atoms with Crippen LogP contribution in [0, 0.1) is 5.82 Å². The van der Waals surface area contributed by atoms with E-state index in [-0.39, 0.29) is 48.0 Å². The number of nitrogens with one attached hydrogen (secondary N) is 1. The number of carbonyl (C=O) groups excluding carboxylic acids is 1. The maximum Gasteiger partial charge on any atom is 0.243 e. The number of hydrogen-bond acceptors (Lipinski definition) is 5. The first-order valence-corrected chi connectivity index (χ1v) is 10.8. The molecule has 1 amide bonds. The molecule has 1 aliphatic rings. The molecule has 1 saturated heterocycles. The SMILES string of the molecule is CCOCCCNC(=NCC(=O)N(C)C)N1CCN(Cc2ccc(OC)c(F)c2)CC1.I. The van der Waals surface area contributed by atoms with Crippen LogP contribution in [0.3, 0.4) is 0 Å². The highest BCUT2D eigenvalue weighted by Gasteiger charge is 2.20. The van der Waals surface area contributed by atoms with Gasteiger partial charge < -0.3 is 24.6 Å². The summed E-state index contributed by atoms with van der Waals surface area (Å²) >= 11 is 0. The van der Waals surface area contributed by atoms with Crippen molar-refractivity contribution in [3.63, 3.8) is 0 Å². The van der Waals surface area contributed by atoms with Crippen molar-refractivity contribution in [1.82, 2.24) is 20.0 Å². The van der Waals surface area contributed by atoms with Gasteiger partial charge in [-0.05, 0) is 31.0 Å².